The molecule has 0 bridgehead atoms. The van der Waals surface area contributed by atoms with Crippen LogP contribution in [0.1, 0.15) is 13.8 Å². The number of nitrogens with one attached hydrogen (secondary N) is 2. The Bertz CT molecular complexity index is 586. The summed E-state index contributed by atoms with van der Waals surface area (Å²) >= 11 is 0. The van der Waals surface area contributed by atoms with Gasteiger partial charge in [-0.3, -0.25) is 0 Å². The highest BCUT2D eigenvalue weighted by Crippen LogP contribution is 2.23. The Morgan fingerprint density at radius 1 is 1.45 bits per heavy atom. The zero-order valence-electron chi connectivity index (χ0n) is 11.6. The number of ether oxygens (including phenoxy) is 1. The van der Waals surface area contributed by atoms with Crippen LogP contribution in [-0.4, -0.2) is 34.1 Å². The molecule has 0 amide bonds. The van der Waals surface area contributed by atoms with Gasteiger partial charge in [0, 0.05) is 6.54 Å². The summed E-state index contributed by atoms with van der Waals surface area (Å²) in [5.41, 5.74) is 6.47. The summed E-state index contributed by atoms with van der Waals surface area (Å²) in [7, 11) is -2.30. The Morgan fingerprint density at radius 3 is 2.65 bits per heavy atom. The predicted octanol–water partition coefficient (Wildman–Crippen LogP) is 0.540. The second-order valence-corrected chi connectivity index (χ2v) is 5.91. The van der Waals surface area contributed by atoms with Crippen molar-refractivity contribution >= 4 is 27.4 Å². The third-order valence-electron chi connectivity index (χ3n) is 2.60. The molecule has 4 N–H and O–H groups in total. The Kier molecular flexibility index (Phi) is 5.34. The Labute approximate surface area is 118 Å². The molecule has 0 saturated heterocycles. The van der Waals surface area contributed by atoms with Crippen LogP contribution in [0.5, 0.6) is 0 Å². The van der Waals surface area contributed by atoms with E-state index < -0.39 is 22.0 Å². The normalized spacial score (nSPS) is 12.8. The van der Waals surface area contributed by atoms with Gasteiger partial charge in [0.2, 0.25) is 10.0 Å². The fraction of sp³-hybridized carbons (Fsp3) is 0.417. The third kappa shape index (κ3) is 3.84. The number of benzene rings is 1. The molecule has 1 atom stereocenters. The van der Waals surface area contributed by atoms with Crippen LogP contribution in [0.2, 0.25) is 0 Å². The maximum absolute atomic E-state index is 11.9. The second-order valence-electron chi connectivity index (χ2n) is 4.14. The minimum absolute atomic E-state index is 0.0770. The number of esters is 1. The molecular formula is C12H19N3O4S. The fourth-order valence-electron chi connectivity index (χ4n) is 1.57. The average Bonchev–Trinajstić information content (AvgIpc) is 2.39. The molecule has 8 heteroatoms. The lowest BCUT2D eigenvalue weighted by Gasteiger charge is -2.16. The summed E-state index contributed by atoms with van der Waals surface area (Å²) in [5, 5.41) is 2.82. The molecule has 1 unspecified atom stereocenters. The van der Waals surface area contributed by atoms with Crippen LogP contribution in [-0.2, 0) is 19.6 Å². The fourth-order valence-corrected chi connectivity index (χ4v) is 2.64. The molecule has 1 aromatic carbocycles. The van der Waals surface area contributed by atoms with Gasteiger partial charge in [0.05, 0.1) is 23.4 Å². The zero-order valence-corrected chi connectivity index (χ0v) is 12.5. The van der Waals surface area contributed by atoms with Crippen molar-refractivity contribution in [2.45, 2.75) is 24.8 Å². The Hall–Kier alpha value is -1.80. The van der Waals surface area contributed by atoms with E-state index in [9.17, 15) is 13.2 Å². The summed E-state index contributed by atoms with van der Waals surface area (Å²) in [6.07, 6.45) is 0. The molecule has 0 aliphatic heterocycles. The number of rotatable bonds is 6. The number of anilines is 2. The van der Waals surface area contributed by atoms with Gasteiger partial charge in [-0.15, -0.1) is 0 Å². The first-order valence-electron chi connectivity index (χ1n) is 6.05. The Morgan fingerprint density at radius 2 is 2.10 bits per heavy atom. The number of hydrogen-bond acceptors (Lipinski definition) is 6. The lowest BCUT2D eigenvalue weighted by molar-refractivity contribution is -0.141. The van der Waals surface area contributed by atoms with E-state index >= 15 is 0 Å². The first-order valence-corrected chi connectivity index (χ1v) is 7.53. The maximum Gasteiger partial charge on any atom is 0.327 e. The van der Waals surface area contributed by atoms with E-state index in [4.69, 9.17) is 5.73 Å². The SMILES string of the molecule is CCNS(=O)(=O)c1ccc(N)c(NC(C)C(=O)OC)c1. The monoisotopic (exact) mass is 301 g/mol. The predicted molar refractivity (Wildman–Crippen MR) is 76.8 cm³/mol. The van der Waals surface area contributed by atoms with Crippen molar-refractivity contribution in [3.8, 4) is 0 Å². The summed E-state index contributed by atoms with van der Waals surface area (Å²) < 4.78 is 30.8. The highest BCUT2D eigenvalue weighted by molar-refractivity contribution is 7.89. The molecule has 0 radical (unpaired) electrons. The van der Waals surface area contributed by atoms with Gasteiger partial charge >= 0.3 is 5.97 Å². The van der Waals surface area contributed by atoms with Crippen molar-refractivity contribution in [3.05, 3.63) is 18.2 Å². The lowest BCUT2D eigenvalue weighted by Crippen LogP contribution is -2.28. The summed E-state index contributed by atoms with van der Waals surface area (Å²) in [6, 6.07) is 3.62. The van der Waals surface area contributed by atoms with Crippen molar-refractivity contribution < 1.29 is 17.9 Å². The lowest BCUT2D eigenvalue weighted by atomic mass is 10.2. The maximum atomic E-state index is 11.9. The van der Waals surface area contributed by atoms with Crippen molar-refractivity contribution in [3.63, 3.8) is 0 Å². The highest BCUT2D eigenvalue weighted by atomic mass is 32.2. The number of sulfonamides is 1. The number of carbonyl (C=O) groups is 1. The van der Waals surface area contributed by atoms with Crippen molar-refractivity contribution in [2.24, 2.45) is 0 Å². The summed E-state index contributed by atoms with van der Waals surface area (Å²) in [5.74, 6) is -0.468. The van der Waals surface area contributed by atoms with Crippen LogP contribution in [0.3, 0.4) is 0 Å². The van der Waals surface area contributed by atoms with E-state index in [2.05, 4.69) is 14.8 Å². The molecular weight excluding hydrogens is 282 g/mol. The van der Waals surface area contributed by atoms with Gasteiger partial charge in [-0.2, -0.15) is 0 Å². The van der Waals surface area contributed by atoms with E-state index in [0.717, 1.165) is 0 Å². The van der Waals surface area contributed by atoms with E-state index in [1.807, 2.05) is 0 Å². The quantitative estimate of drug-likeness (QED) is 0.522. The van der Waals surface area contributed by atoms with Crippen molar-refractivity contribution in [2.75, 3.05) is 24.7 Å². The second kappa shape index (κ2) is 6.58. The van der Waals surface area contributed by atoms with Gasteiger partial charge in [-0.05, 0) is 25.1 Å². The minimum atomic E-state index is -3.57. The minimum Gasteiger partial charge on any atom is -0.467 e. The zero-order chi connectivity index (χ0) is 15.3. The van der Waals surface area contributed by atoms with Crippen molar-refractivity contribution in [1.82, 2.24) is 4.72 Å². The van der Waals surface area contributed by atoms with Gasteiger partial charge < -0.3 is 15.8 Å². The molecule has 112 valence electrons. The van der Waals surface area contributed by atoms with Crippen LogP contribution >= 0.6 is 0 Å². The molecule has 1 aromatic rings. The van der Waals surface area contributed by atoms with E-state index in [1.54, 1.807) is 13.8 Å². The van der Waals surface area contributed by atoms with E-state index in [1.165, 1.54) is 25.3 Å². The van der Waals surface area contributed by atoms with Crippen LogP contribution < -0.4 is 15.8 Å². The molecule has 0 aromatic heterocycles. The van der Waals surface area contributed by atoms with Crippen LogP contribution in [0.15, 0.2) is 23.1 Å². The molecule has 0 aliphatic carbocycles. The van der Waals surface area contributed by atoms with Crippen LogP contribution in [0.25, 0.3) is 0 Å². The third-order valence-corrected chi connectivity index (χ3v) is 4.14. The number of methoxy groups -OCH3 is 1. The molecule has 7 nitrogen and oxygen atoms in total. The van der Waals surface area contributed by atoms with E-state index in [0.29, 0.717) is 11.4 Å². The van der Waals surface area contributed by atoms with Gasteiger partial charge in [-0.25, -0.2) is 17.9 Å². The summed E-state index contributed by atoms with van der Waals surface area (Å²) in [6.45, 7) is 3.57. The molecule has 20 heavy (non-hydrogen) atoms. The largest absolute Gasteiger partial charge is 0.467 e. The first-order chi connectivity index (χ1) is 9.31. The van der Waals surface area contributed by atoms with Crippen LogP contribution in [0, 0.1) is 0 Å². The topological polar surface area (TPSA) is 111 Å². The summed E-state index contributed by atoms with van der Waals surface area (Å²) in [4.78, 5) is 11.4. The van der Waals surface area contributed by atoms with Gasteiger partial charge in [0.15, 0.2) is 0 Å². The average molecular weight is 301 g/mol. The Balaban J connectivity index is 3.07. The van der Waals surface area contributed by atoms with Gasteiger partial charge in [0.1, 0.15) is 6.04 Å². The van der Waals surface area contributed by atoms with Gasteiger partial charge in [0.25, 0.3) is 0 Å². The molecule has 0 fully saturated rings. The number of nitrogens with two attached hydrogens (primary N) is 1. The number of carbonyl (C=O) groups excluding carboxylic acids is 1. The molecule has 0 heterocycles. The molecule has 1 rings (SSSR count). The molecule has 0 aliphatic rings. The number of nitrogen functional groups attached to an aromatic ring is 1. The first kappa shape index (κ1) is 16.3. The highest BCUT2D eigenvalue weighted by Gasteiger charge is 2.17. The molecule has 0 saturated carbocycles. The molecule has 0 spiro atoms. The van der Waals surface area contributed by atoms with Crippen LogP contribution in [0.4, 0.5) is 11.4 Å². The van der Waals surface area contributed by atoms with Crippen molar-refractivity contribution in [1.29, 1.82) is 0 Å². The number of hydrogen-bond donors (Lipinski definition) is 3. The van der Waals surface area contributed by atoms with E-state index in [-0.39, 0.29) is 11.4 Å². The van der Waals surface area contributed by atoms with Gasteiger partial charge in [-0.1, -0.05) is 6.92 Å². The smallest absolute Gasteiger partial charge is 0.327 e. The standard InChI is InChI=1S/C12H19N3O4S/c1-4-14-20(17,18)9-5-6-10(13)11(7-9)15-8(2)12(16)19-3/h5-8,14-15H,4,13H2,1-3H3.